The zero-order chi connectivity index (χ0) is 7.90. The molecule has 2 aliphatic rings. The number of fused-ring (bicyclic) bond motifs is 1. The van der Waals surface area contributed by atoms with E-state index in [9.17, 15) is 0 Å². The molecule has 0 spiro atoms. The maximum atomic E-state index is 2.50. The summed E-state index contributed by atoms with van der Waals surface area (Å²) in [6.45, 7) is 5.16. The molecule has 1 aliphatic heterocycles. The van der Waals surface area contributed by atoms with Crippen molar-refractivity contribution >= 4 is 0 Å². The van der Waals surface area contributed by atoms with E-state index in [1.165, 1.54) is 38.8 Å². The summed E-state index contributed by atoms with van der Waals surface area (Å²) in [5, 5.41) is 0. The van der Waals surface area contributed by atoms with Gasteiger partial charge in [0.2, 0.25) is 0 Å². The molecule has 1 nitrogen and oxygen atoms in total. The predicted molar refractivity (Wildman–Crippen MR) is 47.6 cm³/mol. The van der Waals surface area contributed by atoms with Gasteiger partial charge in [-0.2, -0.15) is 0 Å². The second-order valence-electron chi connectivity index (χ2n) is 4.77. The molecule has 1 heteroatoms. The summed E-state index contributed by atoms with van der Waals surface area (Å²) in [4.78, 5) is 2.50. The van der Waals surface area contributed by atoms with E-state index in [0.717, 1.165) is 5.92 Å². The van der Waals surface area contributed by atoms with Gasteiger partial charge in [0.1, 0.15) is 0 Å². The Kier molecular flexibility index (Phi) is 1.71. The molecule has 0 N–H and O–H groups in total. The third-order valence-corrected chi connectivity index (χ3v) is 3.78. The third-order valence-electron chi connectivity index (χ3n) is 3.78. The molecule has 0 amide bonds. The van der Waals surface area contributed by atoms with Crippen molar-refractivity contribution in [2.45, 2.75) is 32.6 Å². The molecule has 0 bridgehead atoms. The van der Waals surface area contributed by atoms with Gasteiger partial charge in [-0.15, -0.1) is 0 Å². The minimum absolute atomic E-state index is 0.688. The second kappa shape index (κ2) is 2.48. The lowest BCUT2D eigenvalue weighted by Crippen LogP contribution is -2.42. The number of hydrogen-bond acceptors (Lipinski definition) is 1. The summed E-state index contributed by atoms with van der Waals surface area (Å²) in [7, 11) is 2.26. The van der Waals surface area contributed by atoms with Crippen molar-refractivity contribution in [1.29, 1.82) is 0 Å². The first kappa shape index (κ1) is 7.60. The van der Waals surface area contributed by atoms with Crippen LogP contribution in [-0.2, 0) is 0 Å². The normalized spacial score (nSPS) is 45.8. The molecular formula is C10H19N. The minimum atomic E-state index is 0.688. The van der Waals surface area contributed by atoms with Crippen LogP contribution in [0, 0.1) is 11.3 Å². The maximum Gasteiger partial charge on any atom is 0.00349 e. The Hall–Kier alpha value is -0.0400. The molecule has 1 heterocycles. The van der Waals surface area contributed by atoms with Crippen LogP contribution < -0.4 is 0 Å². The van der Waals surface area contributed by atoms with E-state index in [1.54, 1.807) is 0 Å². The lowest BCUT2D eigenvalue weighted by molar-refractivity contribution is 0.0819. The van der Waals surface area contributed by atoms with Crippen LogP contribution in [0.2, 0.25) is 0 Å². The Morgan fingerprint density at radius 3 is 3.00 bits per heavy atom. The summed E-state index contributed by atoms with van der Waals surface area (Å²) in [6.07, 6.45) is 5.91. The van der Waals surface area contributed by atoms with Crippen molar-refractivity contribution in [3.05, 3.63) is 0 Å². The molecular weight excluding hydrogens is 134 g/mol. The van der Waals surface area contributed by atoms with Gasteiger partial charge < -0.3 is 4.90 Å². The molecule has 2 atom stereocenters. The van der Waals surface area contributed by atoms with Gasteiger partial charge in [0, 0.05) is 6.54 Å². The molecule has 0 aromatic rings. The van der Waals surface area contributed by atoms with Gasteiger partial charge in [-0.1, -0.05) is 13.3 Å². The van der Waals surface area contributed by atoms with Crippen LogP contribution >= 0.6 is 0 Å². The zero-order valence-electron chi connectivity index (χ0n) is 7.77. The number of nitrogens with zero attached hydrogens (tertiary/aromatic N) is 1. The zero-order valence-corrected chi connectivity index (χ0v) is 7.77. The van der Waals surface area contributed by atoms with E-state index >= 15 is 0 Å². The Bertz CT molecular complexity index is 155. The average Bonchev–Trinajstić information content (AvgIpc) is 2.28. The first-order valence-corrected chi connectivity index (χ1v) is 4.89. The molecule has 2 fully saturated rings. The number of hydrogen-bond donors (Lipinski definition) is 0. The molecule has 64 valence electrons. The lowest BCUT2D eigenvalue weighted by atomic mass is 9.75. The quantitative estimate of drug-likeness (QED) is 0.515. The van der Waals surface area contributed by atoms with Gasteiger partial charge in [-0.3, -0.25) is 0 Å². The summed E-state index contributed by atoms with van der Waals surface area (Å²) < 4.78 is 0. The first-order chi connectivity index (χ1) is 5.21. The smallest absolute Gasteiger partial charge is 0.00349 e. The molecule has 11 heavy (non-hydrogen) atoms. The van der Waals surface area contributed by atoms with E-state index in [4.69, 9.17) is 0 Å². The summed E-state index contributed by atoms with van der Waals surface area (Å²) in [5.41, 5.74) is 0.688. The van der Waals surface area contributed by atoms with Gasteiger partial charge in [-0.25, -0.2) is 0 Å². The van der Waals surface area contributed by atoms with Crippen LogP contribution in [0.25, 0.3) is 0 Å². The van der Waals surface area contributed by atoms with Gasteiger partial charge in [0.25, 0.3) is 0 Å². The monoisotopic (exact) mass is 153 g/mol. The fourth-order valence-electron chi connectivity index (χ4n) is 3.08. The van der Waals surface area contributed by atoms with Crippen molar-refractivity contribution < 1.29 is 0 Å². The molecule has 0 radical (unpaired) electrons. The second-order valence-corrected chi connectivity index (χ2v) is 4.77. The van der Waals surface area contributed by atoms with Crippen LogP contribution in [0.4, 0.5) is 0 Å². The van der Waals surface area contributed by atoms with Crippen molar-refractivity contribution in [2.75, 3.05) is 20.1 Å². The van der Waals surface area contributed by atoms with Crippen molar-refractivity contribution in [2.24, 2.45) is 11.3 Å². The van der Waals surface area contributed by atoms with Gasteiger partial charge in [-0.05, 0) is 44.2 Å². The van der Waals surface area contributed by atoms with Crippen molar-refractivity contribution in [1.82, 2.24) is 4.90 Å². The Labute approximate surface area is 69.8 Å². The van der Waals surface area contributed by atoms with Gasteiger partial charge in [0.05, 0.1) is 0 Å². The maximum absolute atomic E-state index is 2.50. The van der Waals surface area contributed by atoms with Crippen LogP contribution in [0.1, 0.15) is 32.6 Å². The molecule has 1 saturated heterocycles. The minimum Gasteiger partial charge on any atom is -0.306 e. The summed E-state index contributed by atoms with van der Waals surface area (Å²) >= 11 is 0. The van der Waals surface area contributed by atoms with E-state index in [0.29, 0.717) is 5.41 Å². The molecule has 0 aromatic carbocycles. The first-order valence-electron chi connectivity index (χ1n) is 4.89. The van der Waals surface area contributed by atoms with E-state index in [1.807, 2.05) is 0 Å². The Balaban J connectivity index is 2.10. The highest BCUT2D eigenvalue weighted by molar-refractivity contribution is 4.93. The fraction of sp³-hybridized carbons (Fsp3) is 1.00. The number of likely N-dealkylation sites (tertiary alicyclic amines) is 1. The standard InChI is InChI=1S/C10H19N/c1-10-6-3-4-9(10)5-7-11(2)8-10/h9H,3-8H2,1-2H3. The van der Waals surface area contributed by atoms with E-state index in [-0.39, 0.29) is 0 Å². The van der Waals surface area contributed by atoms with Crippen LogP contribution in [0.15, 0.2) is 0 Å². The number of rotatable bonds is 0. The van der Waals surface area contributed by atoms with E-state index in [2.05, 4.69) is 18.9 Å². The largest absolute Gasteiger partial charge is 0.306 e. The third kappa shape index (κ3) is 1.20. The fourth-order valence-corrected chi connectivity index (χ4v) is 3.08. The highest BCUT2D eigenvalue weighted by Crippen LogP contribution is 2.47. The molecule has 1 aliphatic carbocycles. The van der Waals surface area contributed by atoms with E-state index < -0.39 is 0 Å². The number of piperidine rings is 1. The van der Waals surface area contributed by atoms with Crippen LogP contribution in [0.3, 0.4) is 0 Å². The Morgan fingerprint density at radius 2 is 2.18 bits per heavy atom. The van der Waals surface area contributed by atoms with Gasteiger partial charge >= 0.3 is 0 Å². The lowest BCUT2D eigenvalue weighted by Gasteiger charge is -2.41. The van der Waals surface area contributed by atoms with Crippen LogP contribution in [-0.4, -0.2) is 25.0 Å². The van der Waals surface area contributed by atoms with Crippen LogP contribution in [0.5, 0.6) is 0 Å². The average molecular weight is 153 g/mol. The highest BCUT2D eigenvalue weighted by atomic mass is 15.1. The van der Waals surface area contributed by atoms with Crippen molar-refractivity contribution in [3.8, 4) is 0 Å². The highest BCUT2D eigenvalue weighted by Gasteiger charge is 2.41. The SMILES string of the molecule is CN1CCC2CCCC2(C)C1. The summed E-state index contributed by atoms with van der Waals surface area (Å²) in [5.74, 6) is 1.05. The molecule has 0 aromatic heterocycles. The molecule has 2 rings (SSSR count). The summed E-state index contributed by atoms with van der Waals surface area (Å²) in [6, 6.07) is 0. The molecule has 2 unspecified atom stereocenters. The molecule has 1 saturated carbocycles. The Morgan fingerprint density at radius 1 is 1.36 bits per heavy atom. The topological polar surface area (TPSA) is 3.24 Å². The predicted octanol–water partition coefficient (Wildman–Crippen LogP) is 2.13. The van der Waals surface area contributed by atoms with Crippen molar-refractivity contribution in [3.63, 3.8) is 0 Å². The van der Waals surface area contributed by atoms with Gasteiger partial charge in [0.15, 0.2) is 0 Å².